The van der Waals surface area contributed by atoms with E-state index in [2.05, 4.69) is 129 Å². The van der Waals surface area contributed by atoms with Crippen molar-refractivity contribution in [1.82, 2.24) is 5.32 Å². The first-order chi connectivity index (χ1) is 34.0. The molecule has 0 spiro atoms. The fraction of sp³-hybridized carbons (Fsp3) is 0.656. The smallest absolute Gasteiger partial charge is 0.387 e. The molecular weight excluding hydrogens is 888 g/mol. The number of carbonyl (C=O) groups excluding carboxylic acids is 1. The number of likely N-dealkylation sites (N-methyl/N-ethyl adjacent to an activating group) is 1. The molecule has 0 heterocycles. The molecule has 0 aromatic rings. The molecule has 8 nitrogen and oxygen atoms in total. The van der Waals surface area contributed by atoms with Crippen molar-refractivity contribution in [2.45, 2.75) is 219 Å². The first-order valence-electron chi connectivity index (χ1n) is 27.9. The topological polar surface area (TPSA) is 105 Å². The van der Waals surface area contributed by atoms with Crippen LogP contribution in [0.1, 0.15) is 206 Å². The quantitative estimate of drug-likeness (QED) is 0.0243. The highest BCUT2D eigenvalue weighted by Crippen LogP contribution is 2.43. The molecule has 0 aliphatic rings. The van der Waals surface area contributed by atoms with Crippen molar-refractivity contribution in [3.8, 4) is 0 Å². The van der Waals surface area contributed by atoms with Crippen LogP contribution in [0.4, 0.5) is 0 Å². The van der Waals surface area contributed by atoms with Crippen molar-refractivity contribution in [3.63, 3.8) is 0 Å². The van der Waals surface area contributed by atoms with Gasteiger partial charge in [-0.05, 0) is 103 Å². The van der Waals surface area contributed by atoms with Crippen LogP contribution >= 0.6 is 7.82 Å². The fourth-order valence-electron chi connectivity index (χ4n) is 7.29. The zero-order valence-electron chi connectivity index (χ0n) is 45.5. The SMILES string of the molecule is CC/C=C\C/C=C\C/C=C\C/C=C\C/C=C\C/C=C\C/C=C\CCCCCCCCCCCC(=O)NC(COP(=O)(O)OCC[N+](C)(C)C)C(O)/C=C/CC/C=C/CC/C=C/CCCCCCCCC. The molecule has 400 valence electrons. The third-order valence-electron chi connectivity index (χ3n) is 11.6. The average molecular weight is 995 g/mol. The van der Waals surface area contributed by atoms with Gasteiger partial charge < -0.3 is 19.8 Å². The van der Waals surface area contributed by atoms with Gasteiger partial charge in [-0.25, -0.2) is 4.57 Å². The highest BCUT2D eigenvalue weighted by Gasteiger charge is 2.27. The molecular formula is C61H106N2O6P+. The van der Waals surface area contributed by atoms with E-state index in [9.17, 15) is 19.4 Å². The van der Waals surface area contributed by atoms with E-state index >= 15 is 0 Å². The number of quaternary nitrogens is 1. The van der Waals surface area contributed by atoms with Gasteiger partial charge in [-0.2, -0.15) is 0 Å². The van der Waals surface area contributed by atoms with Gasteiger partial charge in [-0.3, -0.25) is 13.8 Å². The highest BCUT2D eigenvalue weighted by molar-refractivity contribution is 7.47. The molecule has 1 amide bonds. The lowest BCUT2D eigenvalue weighted by atomic mass is 10.1. The fourth-order valence-corrected chi connectivity index (χ4v) is 8.02. The number of rotatable bonds is 49. The first-order valence-corrected chi connectivity index (χ1v) is 29.4. The first kappa shape index (κ1) is 66.9. The number of nitrogens with one attached hydrogen (secondary N) is 1. The Morgan fingerprint density at radius 3 is 1.31 bits per heavy atom. The Labute approximate surface area is 431 Å². The predicted molar refractivity (Wildman–Crippen MR) is 304 cm³/mol. The molecule has 0 rings (SSSR count). The number of phosphoric ester groups is 1. The summed E-state index contributed by atoms with van der Waals surface area (Å²) in [4.78, 5) is 23.3. The summed E-state index contributed by atoms with van der Waals surface area (Å²) >= 11 is 0. The van der Waals surface area contributed by atoms with Gasteiger partial charge in [0.25, 0.3) is 0 Å². The zero-order chi connectivity index (χ0) is 51.3. The van der Waals surface area contributed by atoms with Gasteiger partial charge in [0.1, 0.15) is 13.2 Å². The van der Waals surface area contributed by atoms with Crippen molar-refractivity contribution in [1.29, 1.82) is 0 Å². The Morgan fingerprint density at radius 2 is 0.871 bits per heavy atom. The summed E-state index contributed by atoms with van der Waals surface area (Å²) in [5.41, 5.74) is 0. The molecule has 0 bridgehead atoms. The number of nitrogens with zero attached hydrogens (tertiary/aromatic N) is 1. The molecule has 9 heteroatoms. The van der Waals surface area contributed by atoms with Crippen molar-refractivity contribution in [3.05, 3.63) is 122 Å². The Kier molecular flexibility index (Phi) is 48.6. The normalized spacial score (nSPS) is 14.9. The molecule has 3 unspecified atom stereocenters. The van der Waals surface area contributed by atoms with Crippen LogP contribution in [-0.4, -0.2) is 73.4 Å². The van der Waals surface area contributed by atoms with Crippen LogP contribution in [0.5, 0.6) is 0 Å². The van der Waals surface area contributed by atoms with Crippen LogP contribution in [0.15, 0.2) is 122 Å². The van der Waals surface area contributed by atoms with Crippen molar-refractivity contribution >= 4 is 13.7 Å². The predicted octanol–water partition coefficient (Wildman–Crippen LogP) is 17.0. The largest absolute Gasteiger partial charge is 0.472 e. The lowest BCUT2D eigenvalue weighted by Crippen LogP contribution is -2.45. The summed E-state index contributed by atoms with van der Waals surface area (Å²) in [6.07, 6.45) is 75.8. The minimum absolute atomic E-state index is 0.0459. The van der Waals surface area contributed by atoms with Crippen LogP contribution in [0.25, 0.3) is 0 Å². The second kappa shape index (κ2) is 50.8. The number of amides is 1. The van der Waals surface area contributed by atoms with Gasteiger partial charge in [0.15, 0.2) is 0 Å². The number of aliphatic hydroxyl groups excluding tert-OH is 1. The molecule has 0 fully saturated rings. The van der Waals surface area contributed by atoms with E-state index in [0.29, 0.717) is 17.4 Å². The van der Waals surface area contributed by atoms with Gasteiger partial charge in [0, 0.05) is 6.42 Å². The Hall–Kier alpha value is -3.10. The van der Waals surface area contributed by atoms with Crippen LogP contribution in [0.2, 0.25) is 0 Å². The number of phosphoric acid groups is 1. The zero-order valence-corrected chi connectivity index (χ0v) is 46.4. The van der Waals surface area contributed by atoms with E-state index < -0.39 is 20.0 Å². The molecule has 70 heavy (non-hydrogen) atoms. The van der Waals surface area contributed by atoms with E-state index in [4.69, 9.17) is 9.05 Å². The molecule has 0 saturated carbocycles. The standard InChI is InChI=1S/C61H105N2O6P/c1-6-8-10-12-14-16-18-20-22-24-25-26-27-28-29-30-31-32-33-34-35-36-37-39-41-43-45-47-49-51-53-55-61(65)62-59(58-69-70(66,67)68-57-56-63(3,4)5)60(64)54-52-50-48-46-44-42-40-38-23-21-19-17-15-13-11-9-7-2/h8,10,14,16,20,22-23,25-26,28-29,31-32,34-35,38,44,46,52,54,59-60,64H,6-7,9,11-13,15,17-19,21,24,27,30,33,36-37,39-43,45,47-51,53,55-58H2,1-5H3,(H-,62,65,66,67)/p+1/b10-8-,16-14-,22-20-,26-25-,29-28-,32-31-,35-34-,38-23+,46-44+,54-52+. The Bertz CT molecular complexity index is 1550. The van der Waals surface area contributed by atoms with E-state index in [1.807, 2.05) is 27.2 Å². The number of allylic oxidation sites excluding steroid dienone is 19. The monoisotopic (exact) mass is 994 g/mol. The minimum atomic E-state index is -4.37. The summed E-state index contributed by atoms with van der Waals surface area (Å²) in [6.45, 7) is 4.64. The van der Waals surface area contributed by atoms with Gasteiger partial charge in [0.2, 0.25) is 5.91 Å². The molecule has 3 N–H and O–H groups in total. The maximum absolute atomic E-state index is 13.0. The molecule has 0 aliphatic heterocycles. The number of unbranched alkanes of at least 4 members (excludes halogenated alkanes) is 18. The lowest BCUT2D eigenvalue weighted by Gasteiger charge is -2.25. The third-order valence-corrected chi connectivity index (χ3v) is 12.6. The molecule has 3 atom stereocenters. The summed E-state index contributed by atoms with van der Waals surface area (Å²) in [5.74, 6) is -0.203. The van der Waals surface area contributed by atoms with Crippen LogP contribution in [0.3, 0.4) is 0 Å². The number of aliphatic hydroxyl groups is 1. The maximum Gasteiger partial charge on any atom is 0.472 e. The van der Waals surface area contributed by atoms with Crippen LogP contribution < -0.4 is 5.32 Å². The number of hydrogen-bond acceptors (Lipinski definition) is 5. The lowest BCUT2D eigenvalue weighted by molar-refractivity contribution is -0.870. The molecule has 0 aliphatic carbocycles. The van der Waals surface area contributed by atoms with Gasteiger partial charge in [-0.1, -0.05) is 219 Å². The Morgan fingerprint density at radius 1 is 0.500 bits per heavy atom. The van der Waals surface area contributed by atoms with Crippen molar-refractivity contribution < 1.29 is 32.9 Å². The molecule has 0 aromatic carbocycles. The van der Waals surface area contributed by atoms with Crippen molar-refractivity contribution in [2.24, 2.45) is 0 Å². The molecule has 0 radical (unpaired) electrons. The van der Waals surface area contributed by atoms with Crippen LogP contribution in [0, 0.1) is 0 Å². The summed E-state index contributed by atoms with van der Waals surface area (Å²) in [6, 6.07) is -0.882. The number of hydrogen-bond donors (Lipinski definition) is 3. The minimum Gasteiger partial charge on any atom is -0.387 e. The summed E-state index contributed by atoms with van der Waals surface area (Å²) in [7, 11) is 1.52. The van der Waals surface area contributed by atoms with E-state index in [1.54, 1.807) is 6.08 Å². The highest BCUT2D eigenvalue weighted by atomic mass is 31.2. The van der Waals surface area contributed by atoms with E-state index in [1.165, 1.54) is 89.9 Å². The summed E-state index contributed by atoms with van der Waals surface area (Å²) < 4.78 is 23.6. The van der Waals surface area contributed by atoms with Gasteiger partial charge in [-0.15, -0.1) is 0 Å². The third kappa shape index (κ3) is 52.7. The molecule has 0 aromatic heterocycles. The average Bonchev–Trinajstić information content (AvgIpc) is 3.32. The second-order valence-electron chi connectivity index (χ2n) is 19.6. The van der Waals surface area contributed by atoms with E-state index in [-0.39, 0.29) is 19.1 Å². The van der Waals surface area contributed by atoms with Gasteiger partial charge in [0.05, 0.1) is 39.9 Å². The van der Waals surface area contributed by atoms with Gasteiger partial charge >= 0.3 is 7.82 Å². The summed E-state index contributed by atoms with van der Waals surface area (Å²) in [5, 5.41) is 13.9. The molecule has 0 saturated heterocycles. The Balaban J connectivity index is 4.29. The van der Waals surface area contributed by atoms with Crippen LogP contribution in [-0.2, 0) is 18.4 Å². The number of carbonyl (C=O) groups is 1. The van der Waals surface area contributed by atoms with E-state index in [0.717, 1.165) is 96.3 Å². The second-order valence-corrected chi connectivity index (χ2v) is 21.0. The van der Waals surface area contributed by atoms with Crippen molar-refractivity contribution in [2.75, 3.05) is 40.9 Å². The maximum atomic E-state index is 13.0.